The van der Waals surface area contributed by atoms with Crippen molar-refractivity contribution in [1.82, 2.24) is 15.5 Å². The van der Waals surface area contributed by atoms with E-state index in [9.17, 15) is 9.59 Å². The van der Waals surface area contributed by atoms with Gasteiger partial charge >= 0.3 is 0 Å². The van der Waals surface area contributed by atoms with Crippen molar-refractivity contribution in [3.8, 4) is 0 Å². The minimum Gasteiger partial charge on any atom is -0.344 e. The van der Waals surface area contributed by atoms with Crippen LogP contribution in [0.2, 0.25) is 0 Å². The van der Waals surface area contributed by atoms with Crippen LogP contribution in [0.25, 0.3) is 0 Å². The van der Waals surface area contributed by atoms with Gasteiger partial charge in [-0.05, 0) is 45.6 Å². The molecule has 2 aliphatic rings. The minimum atomic E-state index is -0.411. The highest BCUT2D eigenvalue weighted by atomic mass is 16.2. The molecule has 0 saturated carbocycles. The summed E-state index contributed by atoms with van der Waals surface area (Å²) in [7, 11) is 0. The number of nitrogens with one attached hydrogen (secondary N) is 2. The lowest BCUT2D eigenvalue weighted by Gasteiger charge is -2.37. The number of rotatable bonds is 5. The second-order valence-corrected chi connectivity index (χ2v) is 6.54. The maximum Gasteiger partial charge on any atom is 0.244 e. The molecule has 120 valence electrons. The fourth-order valence-corrected chi connectivity index (χ4v) is 3.59. The third-order valence-corrected chi connectivity index (χ3v) is 4.82. The topological polar surface area (TPSA) is 61.4 Å². The molecule has 2 unspecified atom stereocenters. The van der Waals surface area contributed by atoms with Crippen LogP contribution < -0.4 is 10.6 Å². The maximum atomic E-state index is 12.7. The van der Waals surface area contributed by atoms with E-state index in [0.717, 1.165) is 64.7 Å². The molecule has 5 nitrogen and oxygen atoms in total. The van der Waals surface area contributed by atoms with E-state index >= 15 is 0 Å². The third-order valence-electron chi connectivity index (χ3n) is 4.82. The van der Waals surface area contributed by atoms with Crippen LogP contribution in [-0.2, 0) is 9.59 Å². The van der Waals surface area contributed by atoms with E-state index in [2.05, 4.69) is 17.6 Å². The summed E-state index contributed by atoms with van der Waals surface area (Å²) >= 11 is 0. The largest absolute Gasteiger partial charge is 0.344 e. The van der Waals surface area contributed by atoms with Gasteiger partial charge in [0.15, 0.2) is 0 Å². The van der Waals surface area contributed by atoms with Gasteiger partial charge in [0.05, 0.1) is 5.41 Å². The molecule has 2 aliphatic heterocycles. The van der Waals surface area contributed by atoms with Crippen LogP contribution in [0.5, 0.6) is 0 Å². The molecule has 0 aromatic rings. The summed E-state index contributed by atoms with van der Waals surface area (Å²) in [6, 6.07) is -0.411. The van der Waals surface area contributed by atoms with Gasteiger partial charge in [0.1, 0.15) is 6.04 Å². The van der Waals surface area contributed by atoms with Gasteiger partial charge in [-0.25, -0.2) is 0 Å². The first-order chi connectivity index (χ1) is 10.1. The SMILES string of the molecule is CCCC1(C(=O)NC(C)C(=O)N2CCCC2)CCCNC1. The number of hydrogen-bond acceptors (Lipinski definition) is 3. The molecule has 2 heterocycles. The van der Waals surface area contributed by atoms with Gasteiger partial charge in [-0.2, -0.15) is 0 Å². The Morgan fingerprint density at radius 3 is 2.57 bits per heavy atom. The minimum absolute atomic E-state index is 0.0524. The molecule has 2 fully saturated rings. The molecular weight excluding hydrogens is 266 g/mol. The second kappa shape index (κ2) is 7.25. The average Bonchev–Trinajstić information content (AvgIpc) is 3.01. The van der Waals surface area contributed by atoms with Crippen LogP contribution >= 0.6 is 0 Å². The average molecular weight is 295 g/mol. The molecule has 0 aliphatic carbocycles. The lowest BCUT2D eigenvalue weighted by molar-refractivity contribution is -0.139. The van der Waals surface area contributed by atoms with Gasteiger partial charge in [-0.3, -0.25) is 9.59 Å². The molecule has 21 heavy (non-hydrogen) atoms. The van der Waals surface area contributed by atoms with Crippen LogP contribution in [0.4, 0.5) is 0 Å². The lowest BCUT2D eigenvalue weighted by Crippen LogP contribution is -2.55. The van der Waals surface area contributed by atoms with Crippen molar-refractivity contribution >= 4 is 11.8 Å². The van der Waals surface area contributed by atoms with E-state index in [1.54, 1.807) is 0 Å². The number of carbonyl (C=O) groups excluding carboxylic acids is 2. The molecule has 0 bridgehead atoms. The van der Waals surface area contributed by atoms with Crippen LogP contribution in [0.1, 0.15) is 52.4 Å². The van der Waals surface area contributed by atoms with Crippen molar-refractivity contribution < 1.29 is 9.59 Å². The maximum absolute atomic E-state index is 12.7. The Labute approximate surface area is 127 Å². The molecule has 2 N–H and O–H groups in total. The summed E-state index contributed by atoms with van der Waals surface area (Å²) in [4.78, 5) is 26.9. The van der Waals surface area contributed by atoms with Crippen LogP contribution in [0.3, 0.4) is 0 Å². The first kappa shape index (κ1) is 16.3. The van der Waals surface area contributed by atoms with Gasteiger partial charge in [-0.15, -0.1) is 0 Å². The lowest BCUT2D eigenvalue weighted by atomic mass is 9.76. The number of nitrogens with zero attached hydrogens (tertiary/aromatic N) is 1. The molecule has 0 radical (unpaired) electrons. The zero-order chi connectivity index (χ0) is 15.3. The zero-order valence-corrected chi connectivity index (χ0v) is 13.4. The van der Waals surface area contributed by atoms with Crippen molar-refractivity contribution in [3.63, 3.8) is 0 Å². The molecule has 0 aromatic carbocycles. The molecule has 0 aromatic heterocycles. The zero-order valence-electron chi connectivity index (χ0n) is 13.4. The Bertz CT molecular complexity index is 366. The van der Waals surface area contributed by atoms with Crippen molar-refractivity contribution in [3.05, 3.63) is 0 Å². The number of likely N-dealkylation sites (tertiary alicyclic amines) is 1. The predicted octanol–water partition coefficient (Wildman–Crippen LogP) is 1.28. The van der Waals surface area contributed by atoms with Gasteiger partial charge in [0.25, 0.3) is 0 Å². The van der Waals surface area contributed by atoms with Crippen molar-refractivity contribution in [2.45, 2.75) is 58.4 Å². The van der Waals surface area contributed by atoms with Crippen molar-refractivity contribution in [1.29, 1.82) is 0 Å². The predicted molar refractivity (Wildman–Crippen MR) is 82.9 cm³/mol. The monoisotopic (exact) mass is 295 g/mol. The van der Waals surface area contributed by atoms with Crippen molar-refractivity contribution in [2.24, 2.45) is 5.41 Å². The van der Waals surface area contributed by atoms with Gasteiger partial charge in [-0.1, -0.05) is 13.3 Å². The number of piperidine rings is 1. The smallest absolute Gasteiger partial charge is 0.244 e. The standard InChI is InChI=1S/C16H29N3O2/c1-3-7-16(8-6-9-17-12-16)15(21)18-13(2)14(20)19-10-4-5-11-19/h13,17H,3-12H2,1-2H3,(H,18,21). The van der Waals surface area contributed by atoms with Crippen LogP contribution in [0, 0.1) is 5.41 Å². The Balaban J connectivity index is 1.95. The second-order valence-electron chi connectivity index (χ2n) is 6.54. The number of amides is 2. The highest BCUT2D eigenvalue weighted by Gasteiger charge is 2.40. The summed E-state index contributed by atoms with van der Waals surface area (Å²) in [5.74, 6) is 0.118. The first-order valence-electron chi connectivity index (χ1n) is 8.39. The third kappa shape index (κ3) is 3.76. The highest BCUT2D eigenvalue weighted by molar-refractivity contribution is 5.90. The van der Waals surface area contributed by atoms with Crippen LogP contribution in [0.15, 0.2) is 0 Å². The van der Waals surface area contributed by atoms with Crippen LogP contribution in [-0.4, -0.2) is 48.9 Å². The molecule has 0 spiro atoms. The Kier molecular flexibility index (Phi) is 5.62. The summed E-state index contributed by atoms with van der Waals surface area (Å²) in [6.45, 7) is 7.32. The molecule has 5 heteroatoms. The van der Waals surface area contributed by atoms with E-state index in [4.69, 9.17) is 0 Å². The molecule has 2 saturated heterocycles. The molecule has 2 atom stereocenters. The number of carbonyl (C=O) groups is 2. The normalized spacial score (nSPS) is 27.4. The Hall–Kier alpha value is -1.10. The van der Waals surface area contributed by atoms with Crippen molar-refractivity contribution in [2.75, 3.05) is 26.2 Å². The highest BCUT2D eigenvalue weighted by Crippen LogP contribution is 2.32. The van der Waals surface area contributed by atoms with E-state index in [1.165, 1.54) is 0 Å². The van der Waals surface area contributed by atoms with Gasteiger partial charge in [0.2, 0.25) is 11.8 Å². The number of hydrogen-bond donors (Lipinski definition) is 2. The summed E-state index contributed by atoms with van der Waals surface area (Å²) in [6.07, 6.45) is 5.98. The van der Waals surface area contributed by atoms with E-state index in [0.29, 0.717) is 0 Å². The molecule has 2 amide bonds. The summed E-state index contributed by atoms with van der Waals surface area (Å²) in [5, 5.41) is 6.32. The van der Waals surface area contributed by atoms with Gasteiger partial charge in [0, 0.05) is 19.6 Å². The fourth-order valence-electron chi connectivity index (χ4n) is 3.59. The summed E-state index contributed by atoms with van der Waals surface area (Å²) in [5.41, 5.74) is -0.327. The Morgan fingerprint density at radius 2 is 2.00 bits per heavy atom. The summed E-state index contributed by atoms with van der Waals surface area (Å²) < 4.78 is 0. The van der Waals surface area contributed by atoms with Gasteiger partial charge < -0.3 is 15.5 Å². The van der Waals surface area contributed by atoms with E-state index in [1.807, 2.05) is 11.8 Å². The quantitative estimate of drug-likeness (QED) is 0.803. The molecule has 2 rings (SSSR count). The fraction of sp³-hybridized carbons (Fsp3) is 0.875. The Morgan fingerprint density at radius 1 is 1.29 bits per heavy atom. The van der Waals surface area contributed by atoms with E-state index < -0.39 is 6.04 Å². The molecular formula is C16H29N3O2. The van der Waals surface area contributed by atoms with E-state index in [-0.39, 0.29) is 17.2 Å². The first-order valence-corrected chi connectivity index (χ1v) is 8.39.